The first kappa shape index (κ1) is 20.2. The maximum Gasteiger partial charge on any atom is 0.226 e. The summed E-state index contributed by atoms with van der Waals surface area (Å²) < 4.78 is 53.5. The molecule has 0 bridgehead atoms. The highest BCUT2D eigenvalue weighted by Crippen LogP contribution is 2.30. The van der Waals surface area contributed by atoms with E-state index in [9.17, 15) is 16.8 Å². The number of hydrogen-bond donors (Lipinski definition) is 0. The molecule has 152 valence electrons. The van der Waals surface area contributed by atoms with E-state index >= 15 is 0 Å². The number of para-hydroxylation sites is 2. The van der Waals surface area contributed by atoms with E-state index in [2.05, 4.69) is 9.97 Å². The molecule has 0 fully saturated rings. The fourth-order valence-corrected chi connectivity index (χ4v) is 6.06. The monoisotopic (exact) mass is 438 g/mol. The van der Waals surface area contributed by atoms with Gasteiger partial charge in [-0.3, -0.25) is 0 Å². The van der Waals surface area contributed by atoms with Crippen molar-refractivity contribution in [2.75, 3.05) is 0 Å². The molecule has 8 heteroatoms. The number of nitrogens with zero attached hydrogens (tertiary/aromatic N) is 2. The van der Waals surface area contributed by atoms with Crippen molar-refractivity contribution in [1.29, 1.82) is 0 Å². The number of fused-ring (bicyclic) bond motifs is 1. The number of sulfone groups is 2. The summed E-state index contributed by atoms with van der Waals surface area (Å²) in [6.07, 6.45) is 0. The van der Waals surface area contributed by atoms with Crippen LogP contribution >= 0.6 is 0 Å². The molecule has 6 nitrogen and oxygen atoms in total. The third-order valence-electron chi connectivity index (χ3n) is 4.68. The molecule has 0 amide bonds. The largest absolute Gasteiger partial charge is 0.231 e. The Morgan fingerprint density at radius 3 is 1.20 bits per heavy atom. The predicted octanol–water partition coefficient (Wildman–Crippen LogP) is 3.91. The van der Waals surface area contributed by atoms with Gasteiger partial charge in [0.1, 0.15) is 0 Å². The van der Waals surface area contributed by atoms with Gasteiger partial charge in [-0.2, -0.15) is 0 Å². The summed E-state index contributed by atoms with van der Waals surface area (Å²) in [5, 5.41) is -1.16. The quantitative estimate of drug-likeness (QED) is 0.479. The van der Waals surface area contributed by atoms with Crippen LogP contribution in [0.15, 0.2) is 92.6 Å². The Kier molecular flexibility index (Phi) is 4.91. The van der Waals surface area contributed by atoms with Gasteiger partial charge in [0.15, 0.2) is 10.1 Å². The van der Waals surface area contributed by atoms with Crippen molar-refractivity contribution < 1.29 is 16.8 Å². The molecule has 0 aliphatic rings. The summed E-state index contributed by atoms with van der Waals surface area (Å²) >= 11 is 0. The van der Waals surface area contributed by atoms with Crippen LogP contribution in [0.4, 0.5) is 0 Å². The Bertz CT molecular complexity index is 1350. The first-order valence-corrected chi connectivity index (χ1v) is 12.1. The molecule has 0 N–H and O–H groups in total. The van der Waals surface area contributed by atoms with E-state index in [1.807, 2.05) is 13.8 Å². The Morgan fingerprint density at radius 1 is 0.533 bits per heavy atom. The lowest BCUT2D eigenvalue weighted by atomic mass is 10.2. The minimum Gasteiger partial charge on any atom is -0.231 e. The first-order chi connectivity index (χ1) is 14.2. The molecule has 0 saturated heterocycles. The van der Waals surface area contributed by atoms with Crippen molar-refractivity contribution in [3.05, 3.63) is 83.9 Å². The second-order valence-electron chi connectivity index (χ2n) is 6.96. The van der Waals surface area contributed by atoms with Gasteiger partial charge in [-0.05, 0) is 50.2 Å². The molecule has 3 aromatic carbocycles. The van der Waals surface area contributed by atoms with Crippen LogP contribution in [-0.4, -0.2) is 26.8 Å². The Labute approximate surface area is 175 Å². The zero-order valence-electron chi connectivity index (χ0n) is 16.3. The van der Waals surface area contributed by atoms with E-state index in [0.717, 1.165) is 11.1 Å². The molecule has 1 heterocycles. The molecule has 0 radical (unpaired) electrons. The normalized spacial score (nSPS) is 12.2. The zero-order valence-corrected chi connectivity index (χ0v) is 17.9. The molecule has 4 rings (SSSR count). The molecule has 1 aromatic heterocycles. The molecule has 4 aromatic rings. The lowest BCUT2D eigenvalue weighted by Gasteiger charge is -2.12. The lowest BCUT2D eigenvalue weighted by Crippen LogP contribution is -2.15. The Morgan fingerprint density at radius 2 is 0.867 bits per heavy atom. The van der Waals surface area contributed by atoms with Gasteiger partial charge in [-0.25, -0.2) is 26.8 Å². The van der Waals surface area contributed by atoms with Gasteiger partial charge in [-0.15, -0.1) is 0 Å². The number of aryl methyl sites for hydroxylation is 2. The van der Waals surface area contributed by atoms with Crippen LogP contribution in [0.5, 0.6) is 0 Å². The average Bonchev–Trinajstić information content (AvgIpc) is 2.73. The summed E-state index contributed by atoms with van der Waals surface area (Å²) in [7, 11) is -8.46. The van der Waals surface area contributed by atoms with Crippen molar-refractivity contribution in [1.82, 2.24) is 9.97 Å². The smallest absolute Gasteiger partial charge is 0.226 e. The standard InChI is InChI=1S/C22H18N2O4S2/c1-15-7-11-17(12-8-15)29(25,26)21-22(24-20-6-4-3-5-19(20)23-21)30(27,28)18-13-9-16(2)10-14-18/h3-14H,1-2H3. The molecule has 0 aliphatic carbocycles. The zero-order chi connectivity index (χ0) is 21.5. The van der Waals surface area contributed by atoms with Crippen LogP contribution < -0.4 is 0 Å². The fraction of sp³-hybridized carbons (Fsp3) is 0.0909. The Hall–Kier alpha value is -3.10. The molecule has 30 heavy (non-hydrogen) atoms. The number of rotatable bonds is 4. The van der Waals surface area contributed by atoms with Gasteiger partial charge in [0, 0.05) is 0 Å². The van der Waals surface area contributed by atoms with Crippen LogP contribution in [0, 0.1) is 13.8 Å². The minimum absolute atomic E-state index is 0.0435. The molecule has 0 atom stereocenters. The summed E-state index contributed by atoms with van der Waals surface area (Å²) in [5.41, 5.74) is 2.36. The van der Waals surface area contributed by atoms with Crippen molar-refractivity contribution in [2.45, 2.75) is 33.7 Å². The van der Waals surface area contributed by atoms with E-state index < -0.39 is 29.7 Å². The number of benzene rings is 3. The van der Waals surface area contributed by atoms with Crippen LogP contribution in [0.3, 0.4) is 0 Å². The second kappa shape index (κ2) is 7.30. The van der Waals surface area contributed by atoms with Crippen LogP contribution in [0.25, 0.3) is 11.0 Å². The van der Waals surface area contributed by atoms with Crippen LogP contribution in [0.1, 0.15) is 11.1 Å². The van der Waals surface area contributed by atoms with Gasteiger partial charge >= 0.3 is 0 Å². The molecule has 0 spiro atoms. The highest BCUT2D eigenvalue weighted by atomic mass is 32.2. The third-order valence-corrected chi connectivity index (χ3v) is 8.18. The Balaban J connectivity index is 2.04. The number of hydrogen-bond acceptors (Lipinski definition) is 6. The topological polar surface area (TPSA) is 94.1 Å². The van der Waals surface area contributed by atoms with Gasteiger partial charge in [-0.1, -0.05) is 47.5 Å². The van der Waals surface area contributed by atoms with Gasteiger partial charge in [0.25, 0.3) is 0 Å². The van der Waals surface area contributed by atoms with E-state index in [4.69, 9.17) is 0 Å². The maximum absolute atomic E-state index is 13.4. The summed E-state index contributed by atoms with van der Waals surface area (Å²) in [6.45, 7) is 3.67. The van der Waals surface area contributed by atoms with E-state index in [1.165, 1.54) is 24.3 Å². The van der Waals surface area contributed by atoms with Crippen molar-refractivity contribution in [2.24, 2.45) is 0 Å². The fourth-order valence-electron chi connectivity index (χ4n) is 2.98. The third kappa shape index (κ3) is 3.48. The van der Waals surface area contributed by atoms with Crippen molar-refractivity contribution in [3.63, 3.8) is 0 Å². The summed E-state index contributed by atoms with van der Waals surface area (Å²) in [5.74, 6) is 0. The van der Waals surface area contributed by atoms with Crippen molar-refractivity contribution in [3.8, 4) is 0 Å². The average molecular weight is 439 g/mol. The molecule has 0 saturated carbocycles. The highest BCUT2D eigenvalue weighted by Gasteiger charge is 2.33. The van der Waals surface area contributed by atoms with Crippen LogP contribution in [-0.2, 0) is 19.7 Å². The van der Waals surface area contributed by atoms with Gasteiger partial charge in [0.2, 0.25) is 19.7 Å². The van der Waals surface area contributed by atoms with Gasteiger partial charge < -0.3 is 0 Å². The maximum atomic E-state index is 13.4. The predicted molar refractivity (Wildman–Crippen MR) is 113 cm³/mol. The highest BCUT2D eigenvalue weighted by molar-refractivity contribution is 7.94. The number of aromatic nitrogens is 2. The van der Waals surface area contributed by atoms with Crippen LogP contribution in [0.2, 0.25) is 0 Å². The molecular weight excluding hydrogens is 420 g/mol. The summed E-state index contributed by atoms with van der Waals surface area (Å²) in [4.78, 5) is 8.36. The lowest BCUT2D eigenvalue weighted by molar-refractivity contribution is 0.573. The SMILES string of the molecule is Cc1ccc(S(=O)(=O)c2nc3ccccc3nc2S(=O)(=O)c2ccc(C)cc2)cc1. The second-order valence-corrected chi connectivity index (χ2v) is 10.7. The summed E-state index contributed by atoms with van der Waals surface area (Å²) in [6, 6.07) is 18.9. The minimum atomic E-state index is -4.23. The molecule has 0 unspecified atom stereocenters. The van der Waals surface area contributed by atoms with E-state index in [-0.39, 0.29) is 9.79 Å². The van der Waals surface area contributed by atoms with E-state index in [1.54, 1.807) is 48.5 Å². The van der Waals surface area contributed by atoms with E-state index in [0.29, 0.717) is 11.0 Å². The first-order valence-electron chi connectivity index (χ1n) is 9.10. The molecule has 0 aliphatic heterocycles. The molecular formula is C22H18N2O4S2. The van der Waals surface area contributed by atoms with Gasteiger partial charge in [0.05, 0.1) is 20.8 Å². The van der Waals surface area contributed by atoms with Crippen molar-refractivity contribution >= 4 is 30.7 Å².